The lowest BCUT2D eigenvalue weighted by Gasteiger charge is -2.31. The van der Waals surface area contributed by atoms with Crippen LogP contribution in [0.4, 0.5) is 5.82 Å². The van der Waals surface area contributed by atoms with Gasteiger partial charge < -0.3 is 19.9 Å². The fraction of sp³-hybridized carbons (Fsp3) is 0.714. The van der Waals surface area contributed by atoms with Crippen LogP contribution in [0.5, 0.6) is 0 Å². The third kappa shape index (κ3) is 5.58. The minimum atomic E-state index is 0.604. The van der Waals surface area contributed by atoms with Crippen LogP contribution in [0.1, 0.15) is 38.7 Å². The monoisotopic (exact) mass is 373 g/mol. The molecule has 2 aliphatic heterocycles. The lowest BCUT2D eigenvalue weighted by atomic mass is 9.99. The second-order valence-electron chi connectivity index (χ2n) is 7.92. The molecule has 1 atom stereocenters. The van der Waals surface area contributed by atoms with Gasteiger partial charge in [-0.05, 0) is 43.7 Å². The molecule has 0 aliphatic carbocycles. The molecule has 2 aliphatic rings. The van der Waals surface area contributed by atoms with E-state index in [0.717, 1.165) is 62.6 Å². The maximum Gasteiger partial charge on any atom is 0.194 e. The molecule has 6 nitrogen and oxygen atoms in total. The van der Waals surface area contributed by atoms with Gasteiger partial charge >= 0.3 is 0 Å². The van der Waals surface area contributed by atoms with Crippen molar-refractivity contribution in [2.75, 3.05) is 51.3 Å². The van der Waals surface area contributed by atoms with Gasteiger partial charge in [-0.15, -0.1) is 0 Å². The summed E-state index contributed by atoms with van der Waals surface area (Å²) >= 11 is 0. The second kappa shape index (κ2) is 9.93. The van der Waals surface area contributed by atoms with Crippen LogP contribution in [-0.2, 0) is 11.3 Å². The lowest BCUT2D eigenvalue weighted by molar-refractivity contribution is 0.157. The van der Waals surface area contributed by atoms with Crippen LogP contribution in [0, 0.1) is 11.8 Å². The number of pyridine rings is 1. The zero-order chi connectivity index (χ0) is 19.1. The third-order valence-corrected chi connectivity index (χ3v) is 5.65. The maximum absolute atomic E-state index is 5.31. The predicted octanol–water partition coefficient (Wildman–Crippen LogP) is 2.75. The van der Waals surface area contributed by atoms with Gasteiger partial charge in [0, 0.05) is 51.9 Å². The summed E-state index contributed by atoms with van der Waals surface area (Å²) in [5.74, 6) is 3.55. The van der Waals surface area contributed by atoms with Crippen molar-refractivity contribution in [3.05, 3.63) is 23.9 Å². The first kappa shape index (κ1) is 19.9. The van der Waals surface area contributed by atoms with E-state index in [-0.39, 0.29) is 0 Å². The van der Waals surface area contributed by atoms with E-state index >= 15 is 0 Å². The fourth-order valence-electron chi connectivity index (χ4n) is 3.92. The number of ether oxygens (including phenoxy) is 1. The van der Waals surface area contributed by atoms with Gasteiger partial charge in [-0.2, -0.15) is 0 Å². The van der Waals surface area contributed by atoms with E-state index in [2.05, 4.69) is 41.1 Å². The molecule has 0 amide bonds. The van der Waals surface area contributed by atoms with Crippen LogP contribution in [0.15, 0.2) is 23.3 Å². The highest BCUT2D eigenvalue weighted by Gasteiger charge is 2.24. The van der Waals surface area contributed by atoms with Crippen molar-refractivity contribution < 1.29 is 4.74 Å². The quantitative estimate of drug-likeness (QED) is 0.614. The maximum atomic E-state index is 5.31. The van der Waals surface area contributed by atoms with Gasteiger partial charge in [-0.3, -0.25) is 0 Å². The molecular formula is C21H35N5O. The highest BCUT2D eigenvalue weighted by atomic mass is 16.5. The predicted molar refractivity (Wildman–Crippen MR) is 111 cm³/mol. The minimum absolute atomic E-state index is 0.604. The van der Waals surface area contributed by atoms with Crippen molar-refractivity contribution in [3.8, 4) is 0 Å². The van der Waals surface area contributed by atoms with Crippen LogP contribution in [0.25, 0.3) is 0 Å². The average Bonchev–Trinajstić information content (AvgIpc) is 3.15. The zero-order valence-electron chi connectivity index (χ0n) is 17.2. The lowest BCUT2D eigenvalue weighted by Crippen LogP contribution is -2.40. The number of guanidine groups is 1. The summed E-state index contributed by atoms with van der Waals surface area (Å²) in [6.07, 6.45) is 5.68. The molecule has 0 radical (unpaired) electrons. The fourth-order valence-corrected chi connectivity index (χ4v) is 3.92. The Morgan fingerprint density at radius 3 is 2.74 bits per heavy atom. The molecule has 6 heteroatoms. The first-order chi connectivity index (χ1) is 13.2. The highest BCUT2D eigenvalue weighted by molar-refractivity contribution is 5.80. The second-order valence-corrected chi connectivity index (χ2v) is 7.92. The van der Waals surface area contributed by atoms with Crippen LogP contribution < -0.4 is 10.2 Å². The first-order valence-electron chi connectivity index (χ1n) is 10.4. The van der Waals surface area contributed by atoms with Gasteiger partial charge in [-0.25, -0.2) is 9.98 Å². The van der Waals surface area contributed by atoms with Crippen LogP contribution in [0.2, 0.25) is 0 Å². The summed E-state index contributed by atoms with van der Waals surface area (Å²) in [5, 5.41) is 3.43. The SMILES string of the molecule is CCNC(=NCc1ccc(N2CCC(C)CC2)nc1)N1CCC(COC)C1. The van der Waals surface area contributed by atoms with E-state index in [1.54, 1.807) is 7.11 Å². The van der Waals surface area contributed by atoms with Crippen molar-refractivity contribution in [3.63, 3.8) is 0 Å². The number of hydrogen-bond donors (Lipinski definition) is 1. The Morgan fingerprint density at radius 1 is 1.26 bits per heavy atom. The smallest absolute Gasteiger partial charge is 0.194 e. The van der Waals surface area contributed by atoms with E-state index in [1.165, 1.54) is 19.3 Å². The molecule has 150 valence electrons. The molecule has 1 aromatic heterocycles. The molecule has 27 heavy (non-hydrogen) atoms. The van der Waals surface area contributed by atoms with Crippen molar-refractivity contribution in [1.29, 1.82) is 0 Å². The Balaban J connectivity index is 1.57. The van der Waals surface area contributed by atoms with Crippen molar-refractivity contribution in [2.45, 2.75) is 39.7 Å². The number of piperidine rings is 1. The molecule has 2 saturated heterocycles. The Hall–Kier alpha value is -1.82. The van der Waals surface area contributed by atoms with E-state index in [1.807, 2.05) is 6.20 Å². The molecular weight excluding hydrogens is 338 g/mol. The van der Waals surface area contributed by atoms with E-state index < -0.39 is 0 Å². The van der Waals surface area contributed by atoms with Gasteiger partial charge in [0.05, 0.1) is 13.2 Å². The van der Waals surface area contributed by atoms with Crippen LogP contribution in [0.3, 0.4) is 0 Å². The Morgan fingerprint density at radius 2 is 2.07 bits per heavy atom. The van der Waals surface area contributed by atoms with Gasteiger partial charge in [0.1, 0.15) is 5.82 Å². The minimum Gasteiger partial charge on any atom is -0.384 e. The molecule has 0 spiro atoms. The zero-order valence-corrected chi connectivity index (χ0v) is 17.2. The third-order valence-electron chi connectivity index (χ3n) is 5.65. The summed E-state index contributed by atoms with van der Waals surface area (Å²) in [4.78, 5) is 14.3. The number of hydrogen-bond acceptors (Lipinski definition) is 4. The summed E-state index contributed by atoms with van der Waals surface area (Å²) in [6.45, 7) is 11.1. The first-order valence-corrected chi connectivity index (χ1v) is 10.4. The number of aliphatic imine (C=N–C) groups is 1. The van der Waals surface area contributed by atoms with Crippen molar-refractivity contribution in [2.24, 2.45) is 16.8 Å². The van der Waals surface area contributed by atoms with Gasteiger partial charge in [-0.1, -0.05) is 13.0 Å². The number of rotatable bonds is 6. The number of nitrogens with one attached hydrogen (secondary N) is 1. The van der Waals surface area contributed by atoms with Gasteiger partial charge in [0.15, 0.2) is 5.96 Å². The summed E-state index contributed by atoms with van der Waals surface area (Å²) in [6, 6.07) is 4.32. The molecule has 1 N–H and O–H groups in total. The molecule has 1 aromatic rings. The van der Waals surface area contributed by atoms with Crippen molar-refractivity contribution >= 4 is 11.8 Å². The summed E-state index contributed by atoms with van der Waals surface area (Å²) < 4.78 is 5.31. The Kier molecular flexibility index (Phi) is 7.33. The van der Waals surface area contributed by atoms with Crippen molar-refractivity contribution in [1.82, 2.24) is 15.2 Å². The van der Waals surface area contributed by atoms with E-state index in [0.29, 0.717) is 12.5 Å². The average molecular weight is 374 g/mol. The van der Waals surface area contributed by atoms with Gasteiger partial charge in [0.25, 0.3) is 0 Å². The normalized spacial score (nSPS) is 21.7. The molecule has 0 saturated carbocycles. The molecule has 3 rings (SSSR count). The molecule has 3 heterocycles. The standard InChI is InChI=1S/C21H35N5O/c1-4-22-21(26-12-9-19(15-26)16-27-3)24-14-18-5-6-20(23-13-18)25-10-7-17(2)8-11-25/h5-6,13,17,19H,4,7-12,14-16H2,1-3H3,(H,22,24). The summed E-state index contributed by atoms with van der Waals surface area (Å²) in [5.41, 5.74) is 1.16. The number of likely N-dealkylation sites (tertiary alicyclic amines) is 1. The highest BCUT2D eigenvalue weighted by Crippen LogP contribution is 2.21. The van der Waals surface area contributed by atoms with Crippen LogP contribution in [-0.4, -0.2) is 62.3 Å². The Labute approximate surface area is 164 Å². The number of nitrogens with zero attached hydrogens (tertiary/aromatic N) is 4. The van der Waals surface area contributed by atoms with E-state index in [9.17, 15) is 0 Å². The molecule has 0 aromatic carbocycles. The van der Waals surface area contributed by atoms with E-state index in [4.69, 9.17) is 14.7 Å². The van der Waals surface area contributed by atoms with Crippen LogP contribution >= 0.6 is 0 Å². The molecule has 0 bridgehead atoms. The number of aromatic nitrogens is 1. The largest absolute Gasteiger partial charge is 0.384 e. The Bertz CT molecular complexity index is 595. The molecule has 1 unspecified atom stereocenters. The van der Waals surface area contributed by atoms with Gasteiger partial charge in [0.2, 0.25) is 0 Å². The topological polar surface area (TPSA) is 53.0 Å². The summed E-state index contributed by atoms with van der Waals surface area (Å²) in [7, 11) is 1.78. The number of anilines is 1. The molecule has 2 fully saturated rings. The number of methoxy groups -OCH3 is 1.